The van der Waals surface area contributed by atoms with Gasteiger partial charge in [-0.15, -0.1) is 0 Å². The molecule has 0 radical (unpaired) electrons. The van der Waals surface area contributed by atoms with E-state index >= 15 is 0 Å². The van der Waals surface area contributed by atoms with Crippen molar-refractivity contribution in [1.82, 2.24) is 9.78 Å². The Balaban J connectivity index is 1.37. The predicted octanol–water partition coefficient (Wildman–Crippen LogP) is 2.35. The van der Waals surface area contributed by atoms with Gasteiger partial charge in [-0.2, -0.15) is 5.10 Å². The van der Waals surface area contributed by atoms with Gasteiger partial charge in [0.2, 0.25) is 0 Å². The van der Waals surface area contributed by atoms with Crippen molar-refractivity contribution >= 4 is 45.1 Å². The van der Waals surface area contributed by atoms with Crippen LogP contribution < -0.4 is 4.90 Å². The maximum Gasteiger partial charge on any atom is 0.331 e. The molecule has 4 rings (SSSR count). The summed E-state index contributed by atoms with van der Waals surface area (Å²) in [5.41, 5.74) is 3.04. The molecule has 1 aromatic heterocycles. The molecule has 1 fully saturated rings. The average Bonchev–Trinajstić information content (AvgIpc) is 3.40. The van der Waals surface area contributed by atoms with Crippen LogP contribution >= 0.6 is 11.6 Å². The van der Waals surface area contributed by atoms with E-state index < -0.39 is 15.8 Å². The number of fused-ring (bicyclic) bond motifs is 1. The lowest BCUT2D eigenvalue weighted by atomic mass is 10.2. The zero-order valence-electron chi connectivity index (χ0n) is 17.0. The standard InChI is InChI=1S/C21H22ClN3O5S/c1-14-17(21(22)25(23-14)16-9-11-31(28,29)13-16)6-7-20(27)30-12-19(26)24-10-8-15-4-2-3-5-18(15)24/h2-7,16H,8-13H2,1H3/b7-6+/t16-/m0/s1. The van der Waals surface area contributed by atoms with E-state index in [0.717, 1.165) is 17.7 Å². The number of rotatable bonds is 5. The summed E-state index contributed by atoms with van der Waals surface area (Å²) in [6.07, 6.45) is 3.90. The molecule has 0 aliphatic carbocycles. The minimum Gasteiger partial charge on any atom is -0.452 e. The van der Waals surface area contributed by atoms with Gasteiger partial charge < -0.3 is 9.64 Å². The van der Waals surface area contributed by atoms with Crippen LogP contribution in [0.4, 0.5) is 5.69 Å². The Morgan fingerprint density at radius 2 is 2.10 bits per heavy atom. The number of hydrogen-bond acceptors (Lipinski definition) is 6. The monoisotopic (exact) mass is 463 g/mol. The predicted molar refractivity (Wildman–Crippen MR) is 117 cm³/mol. The van der Waals surface area contributed by atoms with Gasteiger partial charge >= 0.3 is 5.97 Å². The second-order valence-electron chi connectivity index (χ2n) is 7.66. The third kappa shape index (κ3) is 4.52. The molecule has 31 heavy (non-hydrogen) atoms. The number of anilines is 1. The zero-order chi connectivity index (χ0) is 22.2. The third-order valence-electron chi connectivity index (χ3n) is 5.54. The SMILES string of the molecule is Cc1nn([C@H]2CCS(=O)(=O)C2)c(Cl)c1/C=C/C(=O)OCC(=O)N1CCc2ccccc21. The van der Waals surface area contributed by atoms with Crippen LogP contribution in [0, 0.1) is 6.92 Å². The summed E-state index contributed by atoms with van der Waals surface area (Å²) in [5, 5.41) is 4.61. The Bertz CT molecular complexity index is 1170. The fourth-order valence-electron chi connectivity index (χ4n) is 3.94. The molecular formula is C21H22ClN3O5S. The molecule has 10 heteroatoms. The molecule has 0 bridgehead atoms. The highest BCUT2D eigenvalue weighted by Crippen LogP contribution is 2.30. The van der Waals surface area contributed by atoms with E-state index in [1.165, 1.54) is 16.8 Å². The first-order chi connectivity index (χ1) is 14.7. The summed E-state index contributed by atoms with van der Waals surface area (Å²) in [4.78, 5) is 26.2. The van der Waals surface area contributed by atoms with Crippen molar-refractivity contribution < 1.29 is 22.7 Å². The number of sulfone groups is 1. The largest absolute Gasteiger partial charge is 0.452 e. The van der Waals surface area contributed by atoms with Gasteiger partial charge in [-0.25, -0.2) is 17.9 Å². The highest BCUT2D eigenvalue weighted by Gasteiger charge is 2.32. The maximum atomic E-state index is 12.4. The van der Waals surface area contributed by atoms with Gasteiger partial charge in [0, 0.05) is 23.9 Å². The summed E-state index contributed by atoms with van der Waals surface area (Å²) in [7, 11) is -3.08. The quantitative estimate of drug-likeness (QED) is 0.498. The maximum absolute atomic E-state index is 12.4. The number of para-hydroxylation sites is 1. The molecule has 2 aliphatic heterocycles. The molecule has 8 nitrogen and oxygen atoms in total. The summed E-state index contributed by atoms with van der Waals surface area (Å²) >= 11 is 6.39. The Kier molecular flexibility index (Phi) is 5.90. The van der Waals surface area contributed by atoms with Crippen LogP contribution in [0.1, 0.15) is 29.3 Å². The molecule has 0 N–H and O–H groups in total. The summed E-state index contributed by atoms with van der Waals surface area (Å²) in [6.45, 7) is 1.94. The topological polar surface area (TPSA) is 98.6 Å². The number of esters is 1. The second-order valence-corrected chi connectivity index (χ2v) is 10.2. The van der Waals surface area contributed by atoms with Crippen LogP contribution in [0.15, 0.2) is 30.3 Å². The molecule has 3 heterocycles. The highest BCUT2D eigenvalue weighted by atomic mass is 35.5. The number of aryl methyl sites for hydroxylation is 1. The number of nitrogens with zero attached hydrogens (tertiary/aromatic N) is 3. The first kappa shape index (κ1) is 21.6. The second kappa shape index (κ2) is 8.47. The van der Waals surface area contributed by atoms with Crippen molar-refractivity contribution in [3.63, 3.8) is 0 Å². The van der Waals surface area contributed by atoms with Gasteiger partial charge in [-0.05, 0) is 37.5 Å². The first-order valence-electron chi connectivity index (χ1n) is 9.93. The number of carbonyl (C=O) groups excluding carboxylic acids is 2. The molecule has 2 aromatic rings. The van der Waals surface area contributed by atoms with Gasteiger partial charge in [-0.1, -0.05) is 29.8 Å². The first-order valence-corrected chi connectivity index (χ1v) is 12.1. The van der Waals surface area contributed by atoms with Gasteiger partial charge in [-0.3, -0.25) is 4.79 Å². The summed E-state index contributed by atoms with van der Waals surface area (Å²) < 4.78 is 30.1. The molecule has 0 unspecified atom stereocenters. The average molecular weight is 464 g/mol. The lowest BCUT2D eigenvalue weighted by Gasteiger charge is -2.16. The number of hydrogen-bond donors (Lipinski definition) is 0. The van der Waals surface area contributed by atoms with Crippen molar-refractivity contribution in [3.8, 4) is 0 Å². The lowest BCUT2D eigenvalue weighted by molar-refractivity contribution is -0.142. The van der Waals surface area contributed by atoms with E-state index in [0.29, 0.717) is 24.2 Å². The Morgan fingerprint density at radius 1 is 1.32 bits per heavy atom. The molecule has 0 spiro atoms. The van der Waals surface area contributed by atoms with Crippen molar-refractivity contribution in [3.05, 3.63) is 52.3 Å². The van der Waals surface area contributed by atoms with Crippen molar-refractivity contribution in [2.75, 3.05) is 29.6 Å². The molecule has 1 atom stereocenters. The zero-order valence-corrected chi connectivity index (χ0v) is 18.5. The Hall–Kier alpha value is -2.65. The van der Waals surface area contributed by atoms with E-state index in [1.807, 2.05) is 24.3 Å². The van der Waals surface area contributed by atoms with Crippen molar-refractivity contribution in [2.45, 2.75) is 25.8 Å². The molecular weight excluding hydrogens is 442 g/mol. The number of carbonyl (C=O) groups is 2. The number of aromatic nitrogens is 2. The van der Waals surface area contributed by atoms with Gasteiger partial charge in [0.15, 0.2) is 16.4 Å². The summed E-state index contributed by atoms with van der Waals surface area (Å²) in [5.74, 6) is -0.843. The fraction of sp³-hybridized carbons (Fsp3) is 0.381. The molecule has 2 aliphatic rings. The number of amides is 1. The van der Waals surface area contributed by atoms with E-state index in [2.05, 4.69) is 5.10 Å². The molecule has 164 valence electrons. The van der Waals surface area contributed by atoms with Gasteiger partial charge in [0.25, 0.3) is 5.91 Å². The molecule has 0 saturated carbocycles. The third-order valence-corrected chi connectivity index (χ3v) is 7.66. The van der Waals surface area contributed by atoms with Gasteiger partial charge in [0.05, 0.1) is 23.2 Å². The van der Waals surface area contributed by atoms with E-state index in [4.69, 9.17) is 16.3 Å². The van der Waals surface area contributed by atoms with Crippen LogP contribution in [0.25, 0.3) is 6.08 Å². The van der Waals surface area contributed by atoms with E-state index in [9.17, 15) is 18.0 Å². The van der Waals surface area contributed by atoms with Crippen molar-refractivity contribution in [1.29, 1.82) is 0 Å². The minimum atomic E-state index is -3.08. The fourth-order valence-corrected chi connectivity index (χ4v) is 6.01. The molecule has 1 saturated heterocycles. The number of benzene rings is 1. The lowest BCUT2D eigenvalue weighted by Crippen LogP contribution is -2.33. The highest BCUT2D eigenvalue weighted by molar-refractivity contribution is 7.91. The Morgan fingerprint density at radius 3 is 2.84 bits per heavy atom. The smallest absolute Gasteiger partial charge is 0.331 e. The van der Waals surface area contributed by atoms with Gasteiger partial charge in [0.1, 0.15) is 5.15 Å². The summed E-state index contributed by atoms with van der Waals surface area (Å²) in [6, 6.07) is 7.33. The van der Waals surface area contributed by atoms with Crippen LogP contribution in [0.3, 0.4) is 0 Å². The van der Waals surface area contributed by atoms with E-state index in [-0.39, 0.29) is 35.2 Å². The Labute approximate surface area is 185 Å². The molecule has 1 amide bonds. The van der Waals surface area contributed by atoms with Crippen LogP contribution in [-0.2, 0) is 30.6 Å². The number of halogens is 1. The number of ether oxygens (including phenoxy) is 1. The van der Waals surface area contributed by atoms with E-state index in [1.54, 1.807) is 11.8 Å². The minimum absolute atomic E-state index is 0.000770. The normalized spacial score (nSPS) is 19.7. The van der Waals surface area contributed by atoms with Crippen molar-refractivity contribution in [2.24, 2.45) is 0 Å². The van der Waals surface area contributed by atoms with Crippen LogP contribution in [0.5, 0.6) is 0 Å². The van der Waals surface area contributed by atoms with Crippen LogP contribution in [-0.4, -0.2) is 54.7 Å². The molecule has 1 aromatic carbocycles. The van der Waals surface area contributed by atoms with Crippen LogP contribution in [0.2, 0.25) is 5.15 Å².